The standard InChI is InChI=1S/C7H8O3S.C6H15NO3/c1-6-2-4-7(5-3-6)11(8,9)10;1-4(8)7(5(2)9)6(3)10/h2-5H,1H3,(H,8,9,10);4-6,8-10H,1-3H3. The minimum Gasteiger partial charge on any atom is -0.379 e. The first kappa shape index (κ1) is 20.0. The fourth-order valence-corrected chi connectivity index (χ4v) is 2.13. The van der Waals surface area contributed by atoms with E-state index in [-0.39, 0.29) is 4.90 Å². The smallest absolute Gasteiger partial charge is 0.294 e. The highest BCUT2D eigenvalue weighted by molar-refractivity contribution is 7.85. The molecule has 7 nitrogen and oxygen atoms in total. The Morgan fingerprint density at radius 2 is 1.24 bits per heavy atom. The van der Waals surface area contributed by atoms with Gasteiger partial charge in [0.15, 0.2) is 0 Å². The second kappa shape index (κ2) is 8.42. The van der Waals surface area contributed by atoms with Crippen LogP contribution in [0.5, 0.6) is 0 Å². The van der Waals surface area contributed by atoms with Crippen LogP contribution in [0.4, 0.5) is 0 Å². The number of benzene rings is 1. The van der Waals surface area contributed by atoms with E-state index >= 15 is 0 Å². The molecule has 0 heterocycles. The number of aryl methyl sites for hydroxylation is 1. The molecule has 3 atom stereocenters. The first-order valence-corrected chi connectivity index (χ1v) is 7.76. The summed E-state index contributed by atoms with van der Waals surface area (Å²) in [6, 6.07) is 5.99. The zero-order valence-electron chi connectivity index (χ0n) is 12.5. The number of hydrogen-bond donors (Lipinski definition) is 4. The molecule has 0 fully saturated rings. The quantitative estimate of drug-likeness (QED) is 0.472. The minimum absolute atomic E-state index is 0.0666. The SMILES string of the molecule is CC(O)N(C(C)O)C(C)O.Cc1ccc(S(=O)(=O)O)cc1. The van der Waals surface area contributed by atoms with Crippen LogP contribution in [0.1, 0.15) is 26.3 Å². The Kier molecular flexibility index (Phi) is 8.01. The molecule has 0 saturated carbocycles. The number of rotatable bonds is 4. The van der Waals surface area contributed by atoms with Crippen molar-refractivity contribution in [3.8, 4) is 0 Å². The van der Waals surface area contributed by atoms with E-state index in [1.165, 1.54) is 37.8 Å². The van der Waals surface area contributed by atoms with Crippen molar-refractivity contribution in [3.63, 3.8) is 0 Å². The van der Waals surface area contributed by atoms with Gasteiger partial charge in [0.25, 0.3) is 10.1 Å². The zero-order valence-corrected chi connectivity index (χ0v) is 13.3. The maximum atomic E-state index is 10.5. The van der Waals surface area contributed by atoms with Gasteiger partial charge in [-0.25, -0.2) is 4.90 Å². The molecule has 0 aliphatic heterocycles. The van der Waals surface area contributed by atoms with Gasteiger partial charge >= 0.3 is 0 Å². The Morgan fingerprint density at radius 3 is 1.43 bits per heavy atom. The van der Waals surface area contributed by atoms with Crippen LogP contribution in [-0.2, 0) is 10.1 Å². The molecular weight excluding hydrogens is 298 g/mol. The van der Waals surface area contributed by atoms with Gasteiger partial charge < -0.3 is 15.3 Å². The van der Waals surface area contributed by atoms with Crippen LogP contribution in [-0.4, -0.2) is 51.9 Å². The lowest BCUT2D eigenvalue weighted by atomic mass is 10.2. The summed E-state index contributed by atoms with van der Waals surface area (Å²) in [6.45, 7) is 6.30. The summed E-state index contributed by atoms with van der Waals surface area (Å²) >= 11 is 0. The zero-order chi connectivity index (χ0) is 16.8. The number of nitrogens with zero attached hydrogens (tertiary/aromatic N) is 1. The van der Waals surface area contributed by atoms with Gasteiger partial charge in [0.05, 0.1) is 4.90 Å². The highest BCUT2D eigenvalue weighted by atomic mass is 32.2. The lowest BCUT2D eigenvalue weighted by Gasteiger charge is -2.30. The third kappa shape index (κ3) is 7.51. The van der Waals surface area contributed by atoms with Crippen molar-refractivity contribution in [1.82, 2.24) is 4.90 Å². The fraction of sp³-hybridized carbons (Fsp3) is 0.538. The van der Waals surface area contributed by atoms with Crippen LogP contribution in [0.2, 0.25) is 0 Å². The van der Waals surface area contributed by atoms with Crippen LogP contribution in [0, 0.1) is 6.92 Å². The molecule has 1 aromatic rings. The minimum atomic E-state index is -4.02. The molecule has 0 aliphatic carbocycles. The molecule has 0 radical (unpaired) electrons. The van der Waals surface area contributed by atoms with Crippen molar-refractivity contribution in [2.75, 3.05) is 0 Å². The molecule has 0 saturated heterocycles. The lowest BCUT2D eigenvalue weighted by Crippen LogP contribution is -2.45. The molecule has 8 heteroatoms. The summed E-state index contributed by atoms with van der Waals surface area (Å²) in [6.07, 6.45) is -2.50. The average Bonchev–Trinajstić information content (AvgIpc) is 2.26. The van der Waals surface area contributed by atoms with E-state index < -0.39 is 28.8 Å². The highest BCUT2D eigenvalue weighted by Gasteiger charge is 2.20. The molecular formula is C13H23NO6S. The molecule has 0 aliphatic rings. The first-order chi connectivity index (χ1) is 9.46. The molecule has 0 aromatic heterocycles. The van der Waals surface area contributed by atoms with Crippen molar-refractivity contribution >= 4 is 10.1 Å². The van der Waals surface area contributed by atoms with Crippen molar-refractivity contribution in [1.29, 1.82) is 0 Å². The van der Waals surface area contributed by atoms with Gasteiger partial charge in [-0.2, -0.15) is 8.42 Å². The van der Waals surface area contributed by atoms with Gasteiger partial charge in [-0.05, 0) is 39.8 Å². The highest BCUT2D eigenvalue weighted by Crippen LogP contribution is 2.08. The van der Waals surface area contributed by atoms with Gasteiger partial charge in [0.2, 0.25) is 0 Å². The summed E-state index contributed by atoms with van der Waals surface area (Å²) in [7, 11) is -4.02. The van der Waals surface area contributed by atoms with E-state index in [4.69, 9.17) is 19.9 Å². The average molecular weight is 321 g/mol. The Morgan fingerprint density at radius 1 is 0.905 bits per heavy atom. The molecule has 1 rings (SSSR count). The van der Waals surface area contributed by atoms with Gasteiger partial charge in [0, 0.05) is 0 Å². The van der Waals surface area contributed by atoms with E-state index in [1.54, 1.807) is 12.1 Å². The molecule has 4 N–H and O–H groups in total. The third-order valence-electron chi connectivity index (χ3n) is 2.61. The number of hydrogen-bond acceptors (Lipinski definition) is 6. The van der Waals surface area contributed by atoms with Gasteiger partial charge in [0.1, 0.15) is 18.7 Å². The second-order valence-corrected chi connectivity index (χ2v) is 6.05. The fourth-order valence-electron chi connectivity index (χ4n) is 1.65. The normalized spacial score (nSPS) is 15.9. The Hall–Kier alpha value is -1.03. The molecule has 122 valence electrons. The maximum Gasteiger partial charge on any atom is 0.294 e. The van der Waals surface area contributed by atoms with Gasteiger partial charge in [-0.1, -0.05) is 17.7 Å². The lowest BCUT2D eigenvalue weighted by molar-refractivity contribution is -0.159. The van der Waals surface area contributed by atoms with Crippen LogP contribution in [0.15, 0.2) is 29.2 Å². The van der Waals surface area contributed by atoms with Crippen LogP contribution in [0.3, 0.4) is 0 Å². The molecule has 0 bridgehead atoms. The second-order valence-electron chi connectivity index (χ2n) is 4.63. The maximum absolute atomic E-state index is 10.5. The van der Waals surface area contributed by atoms with E-state index in [2.05, 4.69) is 0 Å². The van der Waals surface area contributed by atoms with E-state index in [0.29, 0.717) is 0 Å². The molecule has 1 aromatic carbocycles. The summed E-state index contributed by atoms with van der Waals surface area (Å²) in [4.78, 5) is 1.10. The predicted molar refractivity (Wildman–Crippen MR) is 77.9 cm³/mol. The van der Waals surface area contributed by atoms with Crippen molar-refractivity contribution in [3.05, 3.63) is 29.8 Å². The Balaban J connectivity index is 0.000000384. The monoisotopic (exact) mass is 321 g/mol. The number of aliphatic hydroxyl groups is 3. The van der Waals surface area contributed by atoms with Crippen LogP contribution >= 0.6 is 0 Å². The van der Waals surface area contributed by atoms with Crippen molar-refractivity contribution in [2.45, 2.75) is 51.3 Å². The first-order valence-electron chi connectivity index (χ1n) is 6.32. The van der Waals surface area contributed by atoms with E-state index in [0.717, 1.165) is 5.56 Å². The summed E-state index contributed by atoms with van der Waals surface area (Å²) in [5.41, 5.74) is 0.956. The third-order valence-corrected chi connectivity index (χ3v) is 3.48. The molecule has 0 spiro atoms. The van der Waals surface area contributed by atoms with E-state index in [9.17, 15) is 8.42 Å². The summed E-state index contributed by atoms with van der Waals surface area (Å²) in [5.74, 6) is 0. The Bertz CT molecular complexity index is 491. The van der Waals surface area contributed by atoms with E-state index in [1.807, 2.05) is 6.92 Å². The summed E-state index contributed by atoms with van der Waals surface area (Å²) in [5, 5.41) is 26.9. The summed E-state index contributed by atoms with van der Waals surface area (Å²) < 4.78 is 29.6. The molecule has 21 heavy (non-hydrogen) atoms. The topological polar surface area (TPSA) is 118 Å². The molecule has 3 unspecified atom stereocenters. The Labute approximate surface area is 125 Å². The molecule has 0 amide bonds. The van der Waals surface area contributed by atoms with Gasteiger partial charge in [-0.3, -0.25) is 4.55 Å². The van der Waals surface area contributed by atoms with Crippen LogP contribution < -0.4 is 0 Å². The van der Waals surface area contributed by atoms with Crippen molar-refractivity contribution < 1.29 is 28.3 Å². The predicted octanol–water partition coefficient (Wildman–Crippen LogP) is 0.545. The largest absolute Gasteiger partial charge is 0.379 e. The van der Waals surface area contributed by atoms with Crippen LogP contribution in [0.25, 0.3) is 0 Å². The van der Waals surface area contributed by atoms with Gasteiger partial charge in [-0.15, -0.1) is 0 Å². The number of aliphatic hydroxyl groups excluding tert-OH is 3. The van der Waals surface area contributed by atoms with Crippen molar-refractivity contribution in [2.24, 2.45) is 0 Å².